The molecule has 0 radical (unpaired) electrons. The predicted octanol–water partition coefficient (Wildman–Crippen LogP) is 4.43. The van der Waals surface area contributed by atoms with Gasteiger partial charge in [0.05, 0.1) is 0 Å². The molecule has 5 heteroatoms. The van der Waals surface area contributed by atoms with E-state index in [1.807, 2.05) is 19.1 Å². The van der Waals surface area contributed by atoms with Crippen molar-refractivity contribution in [3.63, 3.8) is 0 Å². The summed E-state index contributed by atoms with van der Waals surface area (Å²) in [6.07, 6.45) is 11.2. The molecule has 2 fully saturated rings. The highest BCUT2D eigenvalue weighted by molar-refractivity contribution is 5.93. The van der Waals surface area contributed by atoms with E-state index >= 15 is 0 Å². The van der Waals surface area contributed by atoms with Crippen molar-refractivity contribution >= 4 is 11.6 Å². The van der Waals surface area contributed by atoms with Gasteiger partial charge in [-0.1, -0.05) is 12.1 Å². The van der Waals surface area contributed by atoms with Crippen molar-refractivity contribution in [2.24, 2.45) is 5.92 Å². The maximum absolute atomic E-state index is 13.9. The Morgan fingerprint density at radius 2 is 1.90 bits per heavy atom. The molecule has 4 nitrogen and oxygen atoms in total. The van der Waals surface area contributed by atoms with E-state index in [1.165, 1.54) is 19.3 Å². The number of piperazine rings is 1. The lowest BCUT2D eigenvalue weighted by atomic mass is 9.84. The number of halogens is 1. The third-order valence-corrected chi connectivity index (χ3v) is 7.26. The van der Waals surface area contributed by atoms with Crippen molar-refractivity contribution in [1.29, 1.82) is 0 Å². The molecule has 1 aliphatic heterocycles. The Bertz CT molecular complexity index is 762. The van der Waals surface area contributed by atoms with Gasteiger partial charge in [-0.05, 0) is 88.4 Å². The first-order valence-corrected chi connectivity index (χ1v) is 11.8. The standard InChI is InChI=1S/C25H36FN3O/c1-19-6-11-23(18-24(19)26)29-16-14-28(15-17-29)13-12-20-7-9-22(10-8-20)27-25(30)21-4-2-3-5-21/h4,6,11,18,20,22H,2-3,5,7-10,12-17H2,1H3,(H,27,30). The molecule has 1 saturated carbocycles. The zero-order valence-electron chi connectivity index (χ0n) is 18.3. The maximum atomic E-state index is 13.9. The van der Waals surface area contributed by atoms with Crippen molar-refractivity contribution in [3.8, 4) is 0 Å². The van der Waals surface area contributed by atoms with Crippen LogP contribution in [0, 0.1) is 18.7 Å². The molecule has 0 atom stereocenters. The monoisotopic (exact) mass is 413 g/mol. The van der Waals surface area contributed by atoms with Gasteiger partial charge in [-0.2, -0.15) is 0 Å². The second kappa shape index (κ2) is 9.95. The molecule has 3 aliphatic rings. The Morgan fingerprint density at radius 3 is 2.57 bits per heavy atom. The molecule has 1 amide bonds. The smallest absolute Gasteiger partial charge is 0.247 e. The highest BCUT2D eigenvalue weighted by Crippen LogP contribution is 2.28. The Labute approximate surface area is 180 Å². The minimum Gasteiger partial charge on any atom is -0.369 e. The van der Waals surface area contributed by atoms with Gasteiger partial charge in [-0.25, -0.2) is 4.39 Å². The number of benzene rings is 1. The van der Waals surface area contributed by atoms with Gasteiger partial charge in [0.25, 0.3) is 0 Å². The van der Waals surface area contributed by atoms with Gasteiger partial charge in [0, 0.05) is 43.5 Å². The van der Waals surface area contributed by atoms with Gasteiger partial charge in [-0.15, -0.1) is 0 Å². The summed E-state index contributed by atoms with van der Waals surface area (Å²) in [6.45, 7) is 7.01. The summed E-state index contributed by atoms with van der Waals surface area (Å²) >= 11 is 0. The number of carbonyl (C=O) groups excluding carboxylic acids is 1. The van der Waals surface area contributed by atoms with Gasteiger partial charge >= 0.3 is 0 Å². The van der Waals surface area contributed by atoms with Crippen LogP contribution in [0.25, 0.3) is 0 Å². The van der Waals surface area contributed by atoms with Crippen LogP contribution in [0.2, 0.25) is 0 Å². The molecule has 0 aromatic heterocycles. The molecule has 2 aliphatic carbocycles. The summed E-state index contributed by atoms with van der Waals surface area (Å²) in [6, 6.07) is 5.95. The zero-order chi connectivity index (χ0) is 20.9. The minimum atomic E-state index is -0.110. The molecule has 30 heavy (non-hydrogen) atoms. The van der Waals surface area contributed by atoms with Crippen LogP contribution in [-0.4, -0.2) is 49.6 Å². The third-order valence-electron chi connectivity index (χ3n) is 7.26. The number of anilines is 1. The summed E-state index contributed by atoms with van der Waals surface area (Å²) in [7, 11) is 0. The number of hydrogen-bond donors (Lipinski definition) is 1. The summed E-state index contributed by atoms with van der Waals surface area (Å²) in [5.41, 5.74) is 2.72. The Balaban J connectivity index is 1.13. The van der Waals surface area contributed by atoms with Crippen molar-refractivity contribution in [2.75, 3.05) is 37.6 Å². The first-order chi connectivity index (χ1) is 14.6. The van der Waals surface area contributed by atoms with E-state index in [0.717, 1.165) is 82.0 Å². The number of amides is 1. The molecule has 4 rings (SSSR count). The second-order valence-electron chi connectivity index (χ2n) is 9.36. The van der Waals surface area contributed by atoms with E-state index in [-0.39, 0.29) is 11.7 Å². The quantitative estimate of drug-likeness (QED) is 0.749. The molecular formula is C25H36FN3O. The van der Waals surface area contributed by atoms with E-state index in [2.05, 4.69) is 21.2 Å². The fraction of sp³-hybridized carbons (Fsp3) is 0.640. The average molecular weight is 414 g/mol. The van der Waals surface area contributed by atoms with E-state index in [0.29, 0.717) is 11.6 Å². The number of aryl methyl sites for hydroxylation is 1. The van der Waals surface area contributed by atoms with Crippen LogP contribution in [0.3, 0.4) is 0 Å². The maximum Gasteiger partial charge on any atom is 0.247 e. The highest BCUT2D eigenvalue weighted by Gasteiger charge is 2.25. The van der Waals surface area contributed by atoms with Crippen LogP contribution >= 0.6 is 0 Å². The lowest BCUT2D eigenvalue weighted by Crippen LogP contribution is -2.47. The van der Waals surface area contributed by atoms with E-state index in [1.54, 1.807) is 6.07 Å². The van der Waals surface area contributed by atoms with Gasteiger partial charge in [-0.3, -0.25) is 9.69 Å². The molecular weight excluding hydrogens is 377 g/mol. The number of nitrogens with zero attached hydrogens (tertiary/aromatic N) is 2. The second-order valence-corrected chi connectivity index (χ2v) is 9.36. The molecule has 0 unspecified atom stereocenters. The lowest BCUT2D eigenvalue weighted by molar-refractivity contribution is -0.118. The molecule has 1 aromatic carbocycles. The largest absolute Gasteiger partial charge is 0.369 e. The van der Waals surface area contributed by atoms with E-state index in [9.17, 15) is 9.18 Å². The fourth-order valence-electron chi connectivity index (χ4n) is 5.12. The Kier molecular flexibility index (Phi) is 7.08. The fourth-order valence-corrected chi connectivity index (χ4v) is 5.12. The van der Waals surface area contributed by atoms with Crippen LogP contribution in [0.1, 0.15) is 56.9 Å². The van der Waals surface area contributed by atoms with Crippen LogP contribution in [0.5, 0.6) is 0 Å². The number of allylic oxidation sites excluding steroid dienone is 1. The molecule has 0 spiro atoms. The van der Waals surface area contributed by atoms with Crippen LogP contribution < -0.4 is 10.2 Å². The summed E-state index contributed by atoms with van der Waals surface area (Å²) in [4.78, 5) is 17.1. The van der Waals surface area contributed by atoms with Crippen molar-refractivity contribution in [1.82, 2.24) is 10.2 Å². The molecule has 164 valence electrons. The first-order valence-electron chi connectivity index (χ1n) is 11.8. The third kappa shape index (κ3) is 5.42. The summed E-state index contributed by atoms with van der Waals surface area (Å²) in [5.74, 6) is 0.858. The summed E-state index contributed by atoms with van der Waals surface area (Å²) < 4.78 is 13.9. The normalized spacial score (nSPS) is 25.3. The van der Waals surface area contributed by atoms with Crippen molar-refractivity contribution < 1.29 is 9.18 Å². The van der Waals surface area contributed by atoms with Gasteiger partial charge in [0.15, 0.2) is 0 Å². The molecule has 1 N–H and O–H groups in total. The molecule has 1 saturated heterocycles. The van der Waals surface area contributed by atoms with Gasteiger partial charge < -0.3 is 10.2 Å². The molecule has 1 heterocycles. The van der Waals surface area contributed by atoms with Gasteiger partial charge in [0.1, 0.15) is 5.82 Å². The number of carbonyl (C=O) groups is 1. The number of nitrogens with one attached hydrogen (secondary N) is 1. The minimum absolute atomic E-state index is 0.110. The van der Waals surface area contributed by atoms with Crippen molar-refractivity contribution in [3.05, 3.63) is 41.2 Å². The number of rotatable bonds is 6. The topological polar surface area (TPSA) is 35.6 Å². The van der Waals surface area contributed by atoms with E-state index < -0.39 is 0 Å². The Hall–Kier alpha value is -1.88. The van der Waals surface area contributed by atoms with Crippen LogP contribution in [0.15, 0.2) is 29.8 Å². The van der Waals surface area contributed by atoms with Crippen LogP contribution in [0.4, 0.5) is 10.1 Å². The lowest BCUT2D eigenvalue weighted by Gasteiger charge is -2.37. The van der Waals surface area contributed by atoms with E-state index in [4.69, 9.17) is 0 Å². The van der Waals surface area contributed by atoms with Gasteiger partial charge in [0.2, 0.25) is 5.91 Å². The highest BCUT2D eigenvalue weighted by atomic mass is 19.1. The number of hydrogen-bond acceptors (Lipinski definition) is 3. The SMILES string of the molecule is Cc1ccc(N2CCN(CCC3CCC(NC(=O)C4=CCCC4)CC3)CC2)cc1F. The first kappa shape index (κ1) is 21.4. The van der Waals surface area contributed by atoms with Crippen LogP contribution in [-0.2, 0) is 4.79 Å². The molecule has 0 bridgehead atoms. The Morgan fingerprint density at radius 1 is 1.13 bits per heavy atom. The summed E-state index contributed by atoms with van der Waals surface area (Å²) in [5, 5.41) is 3.26. The average Bonchev–Trinajstić information content (AvgIpc) is 3.31. The van der Waals surface area contributed by atoms with Crippen molar-refractivity contribution in [2.45, 2.75) is 64.3 Å². The predicted molar refractivity (Wildman–Crippen MR) is 120 cm³/mol. The molecule has 1 aromatic rings. The zero-order valence-corrected chi connectivity index (χ0v) is 18.3.